The molecule has 4 heteroatoms. The molecule has 0 fully saturated rings. The van der Waals surface area contributed by atoms with Gasteiger partial charge < -0.3 is 15.9 Å². The maximum atomic E-state index is 9.80. The number of anilines is 1. The fourth-order valence-corrected chi connectivity index (χ4v) is 1.50. The summed E-state index contributed by atoms with van der Waals surface area (Å²) in [6, 6.07) is 7.04. The van der Waals surface area contributed by atoms with Crippen LogP contribution in [-0.4, -0.2) is 16.3 Å². The fourth-order valence-electron chi connectivity index (χ4n) is 1.50. The van der Waals surface area contributed by atoms with Crippen molar-refractivity contribution < 1.29 is 10.2 Å². The minimum Gasteiger partial charge on any atom is -0.398 e. The van der Waals surface area contributed by atoms with Gasteiger partial charge in [-0.25, -0.2) is 0 Å². The maximum absolute atomic E-state index is 9.80. The molecule has 0 aliphatic heterocycles. The van der Waals surface area contributed by atoms with Crippen molar-refractivity contribution in [3.63, 3.8) is 0 Å². The van der Waals surface area contributed by atoms with Gasteiger partial charge in [0, 0.05) is 11.3 Å². The molecule has 1 aromatic carbocycles. The number of nitrogens with two attached hydrogens (primary N) is 1. The van der Waals surface area contributed by atoms with Crippen LogP contribution in [0.5, 0.6) is 0 Å². The Morgan fingerprint density at radius 1 is 1.47 bits per heavy atom. The van der Waals surface area contributed by atoms with Crippen molar-refractivity contribution in [2.75, 3.05) is 5.73 Å². The van der Waals surface area contributed by atoms with Crippen molar-refractivity contribution in [2.24, 2.45) is 0 Å². The lowest BCUT2D eigenvalue weighted by atomic mass is 9.96. The molecule has 2 atom stereocenters. The first-order valence-electron chi connectivity index (χ1n) is 4.66. The molecule has 0 aliphatic rings. The Bertz CT molecular complexity index is 364. The minimum atomic E-state index is -1.11. The van der Waals surface area contributed by atoms with Crippen LogP contribution < -0.4 is 5.73 Å². The topological polar surface area (TPSA) is 90.3 Å². The van der Waals surface area contributed by atoms with Crippen LogP contribution in [0.1, 0.15) is 23.7 Å². The van der Waals surface area contributed by atoms with Gasteiger partial charge in [0.1, 0.15) is 6.10 Å². The molecule has 0 aromatic heterocycles. The summed E-state index contributed by atoms with van der Waals surface area (Å²) in [7, 11) is 0. The van der Waals surface area contributed by atoms with Gasteiger partial charge in [0.2, 0.25) is 0 Å². The van der Waals surface area contributed by atoms with Gasteiger partial charge in [-0.15, -0.1) is 0 Å². The van der Waals surface area contributed by atoms with Crippen LogP contribution in [0, 0.1) is 18.3 Å². The highest BCUT2D eigenvalue weighted by molar-refractivity contribution is 5.52. The van der Waals surface area contributed by atoms with Crippen molar-refractivity contribution in [3.05, 3.63) is 29.3 Å². The van der Waals surface area contributed by atoms with Gasteiger partial charge in [0.15, 0.2) is 0 Å². The second kappa shape index (κ2) is 4.78. The molecule has 0 aliphatic carbocycles. The smallest absolute Gasteiger partial charge is 0.108 e. The molecule has 4 nitrogen and oxygen atoms in total. The monoisotopic (exact) mass is 206 g/mol. The average Bonchev–Trinajstić information content (AvgIpc) is 2.17. The van der Waals surface area contributed by atoms with Gasteiger partial charge in [-0.05, 0) is 18.6 Å². The van der Waals surface area contributed by atoms with E-state index in [9.17, 15) is 10.2 Å². The number of aryl methyl sites for hydroxylation is 1. The summed E-state index contributed by atoms with van der Waals surface area (Å²) >= 11 is 0. The summed E-state index contributed by atoms with van der Waals surface area (Å²) in [6.45, 7) is 1.80. The van der Waals surface area contributed by atoms with Gasteiger partial charge in [-0.3, -0.25) is 0 Å². The minimum absolute atomic E-state index is 0.116. The number of nitrogen functional groups attached to an aromatic ring is 1. The summed E-state index contributed by atoms with van der Waals surface area (Å²) in [4.78, 5) is 0. The molecular formula is C11H14N2O2. The summed E-state index contributed by atoms with van der Waals surface area (Å²) in [6.07, 6.45) is -2.32. The number of hydrogen-bond donors (Lipinski definition) is 3. The first-order chi connectivity index (χ1) is 7.07. The highest BCUT2D eigenvalue weighted by Gasteiger charge is 2.21. The van der Waals surface area contributed by atoms with Gasteiger partial charge in [0.25, 0.3) is 0 Å². The maximum Gasteiger partial charge on any atom is 0.108 e. The molecule has 0 amide bonds. The lowest BCUT2D eigenvalue weighted by Gasteiger charge is -2.19. The van der Waals surface area contributed by atoms with E-state index in [2.05, 4.69) is 0 Å². The summed E-state index contributed by atoms with van der Waals surface area (Å²) < 4.78 is 0. The summed E-state index contributed by atoms with van der Waals surface area (Å²) in [5, 5.41) is 27.7. The highest BCUT2D eigenvalue weighted by atomic mass is 16.3. The molecule has 2 unspecified atom stereocenters. The van der Waals surface area contributed by atoms with Crippen LogP contribution >= 0.6 is 0 Å². The van der Waals surface area contributed by atoms with Gasteiger partial charge >= 0.3 is 0 Å². The second-order valence-corrected chi connectivity index (χ2v) is 3.45. The number of aliphatic hydroxyl groups excluding tert-OH is 2. The third-order valence-electron chi connectivity index (χ3n) is 2.32. The number of aliphatic hydroxyl groups is 2. The normalized spacial score (nSPS) is 14.3. The Kier molecular flexibility index (Phi) is 3.67. The summed E-state index contributed by atoms with van der Waals surface area (Å²) in [5.41, 5.74) is 7.44. The van der Waals surface area contributed by atoms with Crippen molar-refractivity contribution in [3.8, 4) is 6.07 Å². The molecular weight excluding hydrogens is 192 g/mol. The first-order valence-corrected chi connectivity index (χ1v) is 4.66. The van der Waals surface area contributed by atoms with Crippen molar-refractivity contribution >= 4 is 5.69 Å². The number of rotatable bonds is 3. The Hall–Kier alpha value is -1.57. The van der Waals surface area contributed by atoms with Gasteiger partial charge in [-0.1, -0.05) is 12.1 Å². The largest absolute Gasteiger partial charge is 0.398 e. The molecule has 4 N–H and O–H groups in total. The average molecular weight is 206 g/mol. The van der Waals surface area contributed by atoms with E-state index in [0.29, 0.717) is 11.3 Å². The standard InChI is InChI=1S/C11H14N2O2/c1-7-3-2-4-8(13)10(7)11(15)9(14)5-6-12/h2-4,9,11,14-15H,5,13H2,1H3. The Balaban J connectivity index is 3.01. The Labute approximate surface area is 88.6 Å². The first kappa shape index (κ1) is 11.5. The molecule has 15 heavy (non-hydrogen) atoms. The third kappa shape index (κ3) is 2.46. The zero-order valence-corrected chi connectivity index (χ0v) is 8.51. The zero-order chi connectivity index (χ0) is 11.4. The predicted octanol–water partition coefficient (Wildman–Crippen LogP) is 0.885. The fraction of sp³-hybridized carbons (Fsp3) is 0.364. The SMILES string of the molecule is Cc1cccc(N)c1C(O)C(O)CC#N. The zero-order valence-electron chi connectivity index (χ0n) is 8.51. The molecule has 0 saturated carbocycles. The quantitative estimate of drug-likeness (QED) is 0.640. The van der Waals surface area contributed by atoms with E-state index in [0.717, 1.165) is 5.56 Å². The van der Waals surface area contributed by atoms with Crippen LogP contribution in [0.4, 0.5) is 5.69 Å². The molecule has 1 aromatic rings. The van der Waals surface area contributed by atoms with E-state index in [1.165, 1.54) is 0 Å². The lowest BCUT2D eigenvalue weighted by molar-refractivity contribution is 0.0217. The van der Waals surface area contributed by atoms with Crippen LogP contribution in [0.2, 0.25) is 0 Å². The molecule has 80 valence electrons. The Morgan fingerprint density at radius 3 is 2.67 bits per heavy atom. The molecule has 0 saturated heterocycles. The summed E-state index contributed by atoms with van der Waals surface area (Å²) in [5.74, 6) is 0. The van der Waals surface area contributed by atoms with Crippen LogP contribution in [0.3, 0.4) is 0 Å². The van der Waals surface area contributed by atoms with E-state index < -0.39 is 12.2 Å². The van der Waals surface area contributed by atoms with E-state index in [1.807, 2.05) is 0 Å². The van der Waals surface area contributed by atoms with E-state index in [-0.39, 0.29) is 6.42 Å². The highest BCUT2D eigenvalue weighted by Crippen LogP contribution is 2.27. The van der Waals surface area contributed by atoms with Gasteiger partial charge in [0.05, 0.1) is 18.6 Å². The third-order valence-corrected chi connectivity index (χ3v) is 2.32. The number of nitrogens with zero attached hydrogens (tertiary/aromatic N) is 1. The molecule has 0 bridgehead atoms. The van der Waals surface area contributed by atoms with Crippen LogP contribution in [-0.2, 0) is 0 Å². The number of benzene rings is 1. The Morgan fingerprint density at radius 2 is 2.13 bits per heavy atom. The van der Waals surface area contributed by atoms with E-state index in [1.54, 1.807) is 31.2 Å². The molecule has 1 rings (SSSR count). The van der Waals surface area contributed by atoms with Gasteiger partial charge in [-0.2, -0.15) is 5.26 Å². The lowest BCUT2D eigenvalue weighted by Crippen LogP contribution is -2.19. The predicted molar refractivity (Wildman–Crippen MR) is 56.8 cm³/mol. The van der Waals surface area contributed by atoms with Crippen LogP contribution in [0.25, 0.3) is 0 Å². The van der Waals surface area contributed by atoms with Crippen LogP contribution in [0.15, 0.2) is 18.2 Å². The number of hydrogen-bond acceptors (Lipinski definition) is 4. The van der Waals surface area contributed by atoms with Crippen molar-refractivity contribution in [2.45, 2.75) is 25.6 Å². The van der Waals surface area contributed by atoms with E-state index in [4.69, 9.17) is 11.0 Å². The molecule has 0 radical (unpaired) electrons. The molecule has 0 heterocycles. The van der Waals surface area contributed by atoms with Crippen molar-refractivity contribution in [1.29, 1.82) is 5.26 Å². The van der Waals surface area contributed by atoms with E-state index >= 15 is 0 Å². The number of nitriles is 1. The van der Waals surface area contributed by atoms with Crippen molar-refractivity contribution in [1.82, 2.24) is 0 Å². The molecule has 0 spiro atoms. The second-order valence-electron chi connectivity index (χ2n) is 3.45.